The van der Waals surface area contributed by atoms with Crippen molar-refractivity contribution < 1.29 is 0 Å². The minimum Gasteiger partial charge on any atom is -0.377 e. The summed E-state index contributed by atoms with van der Waals surface area (Å²) in [5, 5.41) is 12.2. The molecule has 0 aromatic carbocycles. The molecular weight excluding hydrogens is 274 g/mol. The minimum absolute atomic E-state index is 0. The maximum atomic E-state index is 4.43. The average Bonchev–Trinajstić information content (AvgIpc) is 2.93. The molecule has 0 aliphatic rings. The number of aryl methyl sites for hydroxylation is 2. The van der Waals surface area contributed by atoms with Gasteiger partial charge in [0.05, 0.1) is 23.6 Å². The van der Waals surface area contributed by atoms with Crippen LogP contribution in [0.4, 0.5) is 5.69 Å². The molecule has 2 aromatic heterocycles. The van der Waals surface area contributed by atoms with E-state index >= 15 is 0 Å². The van der Waals surface area contributed by atoms with Gasteiger partial charge in [0.2, 0.25) is 0 Å². The summed E-state index contributed by atoms with van der Waals surface area (Å²) in [5.74, 6) is 0.600. The van der Waals surface area contributed by atoms with Gasteiger partial charge in [-0.15, -0.1) is 12.4 Å². The highest BCUT2D eigenvalue weighted by atomic mass is 35.5. The number of halogens is 1. The first-order valence-electron chi connectivity index (χ1n) is 6.88. The fourth-order valence-corrected chi connectivity index (χ4v) is 2.06. The van der Waals surface area contributed by atoms with Gasteiger partial charge in [-0.3, -0.25) is 9.36 Å². The van der Waals surface area contributed by atoms with Crippen molar-refractivity contribution in [3.8, 4) is 0 Å². The number of rotatable bonds is 6. The molecule has 6 heteroatoms. The van der Waals surface area contributed by atoms with Crippen LogP contribution >= 0.6 is 12.4 Å². The monoisotopic (exact) mass is 297 g/mol. The third-order valence-corrected chi connectivity index (χ3v) is 3.07. The Morgan fingerprint density at radius 3 is 2.70 bits per heavy atom. The Labute approximate surface area is 126 Å². The Bertz CT molecular complexity index is 529. The van der Waals surface area contributed by atoms with E-state index in [2.05, 4.69) is 53.2 Å². The van der Waals surface area contributed by atoms with Gasteiger partial charge in [-0.25, -0.2) is 0 Å². The molecule has 0 spiro atoms. The van der Waals surface area contributed by atoms with Crippen LogP contribution in [0.15, 0.2) is 18.5 Å². The van der Waals surface area contributed by atoms with E-state index in [4.69, 9.17) is 0 Å². The molecule has 2 aromatic rings. The number of hydrogen-bond acceptors (Lipinski definition) is 3. The summed E-state index contributed by atoms with van der Waals surface area (Å²) < 4.78 is 4.01. The van der Waals surface area contributed by atoms with E-state index in [0.717, 1.165) is 31.0 Å². The van der Waals surface area contributed by atoms with E-state index in [0.29, 0.717) is 5.92 Å². The van der Waals surface area contributed by atoms with E-state index in [1.807, 2.05) is 17.8 Å². The molecule has 2 rings (SSSR count). The molecule has 0 saturated carbocycles. The Kier molecular flexibility index (Phi) is 6.07. The van der Waals surface area contributed by atoms with Crippen LogP contribution in [0, 0.1) is 12.8 Å². The summed E-state index contributed by atoms with van der Waals surface area (Å²) in [4.78, 5) is 0. The van der Waals surface area contributed by atoms with E-state index in [-0.39, 0.29) is 12.4 Å². The molecule has 0 unspecified atom stereocenters. The third-order valence-electron chi connectivity index (χ3n) is 3.07. The van der Waals surface area contributed by atoms with Gasteiger partial charge in [-0.2, -0.15) is 10.2 Å². The van der Waals surface area contributed by atoms with E-state index in [9.17, 15) is 0 Å². The van der Waals surface area contributed by atoms with Crippen LogP contribution in [0.1, 0.15) is 32.2 Å². The zero-order valence-corrected chi connectivity index (χ0v) is 13.4. The van der Waals surface area contributed by atoms with Crippen molar-refractivity contribution in [2.24, 2.45) is 5.92 Å². The van der Waals surface area contributed by atoms with Crippen molar-refractivity contribution in [3.05, 3.63) is 29.8 Å². The zero-order valence-electron chi connectivity index (χ0n) is 12.6. The van der Waals surface area contributed by atoms with Crippen LogP contribution in [0.5, 0.6) is 0 Å². The Hall–Kier alpha value is -1.49. The fraction of sp³-hybridized carbons (Fsp3) is 0.571. The molecule has 20 heavy (non-hydrogen) atoms. The molecule has 5 nitrogen and oxygen atoms in total. The second-order valence-electron chi connectivity index (χ2n) is 5.24. The van der Waals surface area contributed by atoms with Crippen LogP contribution in [0.2, 0.25) is 0 Å². The maximum absolute atomic E-state index is 4.43. The summed E-state index contributed by atoms with van der Waals surface area (Å²) in [6, 6.07) is 2.06. The molecule has 0 atom stereocenters. The lowest BCUT2D eigenvalue weighted by molar-refractivity contribution is 0.470. The lowest BCUT2D eigenvalue weighted by Crippen LogP contribution is -2.12. The Morgan fingerprint density at radius 2 is 2.10 bits per heavy atom. The van der Waals surface area contributed by atoms with Crippen molar-refractivity contribution in [1.29, 1.82) is 0 Å². The highest BCUT2D eigenvalue weighted by Crippen LogP contribution is 2.14. The topological polar surface area (TPSA) is 47.7 Å². The second-order valence-corrected chi connectivity index (χ2v) is 5.24. The number of nitrogens with one attached hydrogen (secondary N) is 1. The lowest BCUT2D eigenvalue weighted by Gasteiger charge is -2.10. The molecule has 0 saturated heterocycles. The summed E-state index contributed by atoms with van der Waals surface area (Å²) >= 11 is 0. The molecule has 0 radical (unpaired) electrons. The highest BCUT2D eigenvalue weighted by molar-refractivity contribution is 5.85. The molecule has 0 bridgehead atoms. The summed E-state index contributed by atoms with van der Waals surface area (Å²) in [5.41, 5.74) is 3.34. The quantitative estimate of drug-likeness (QED) is 0.891. The molecular formula is C14H24ClN5. The van der Waals surface area contributed by atoms with Crippen LogP contribution < -0.4 is 5.32 Å². The largest absolute Gasteiger partial charge is 0.377 e. The number of hydrogen-bond donors (Lipinski definition) is 1. The minimum atomic E-state index is 0. The molecule has 112 valence electrons. The smallest absolute Gasteiger partial charge is 0.0825 e. The van der Waals surface area contributed by atoms with Gasteiger partial charge < -0.3 is 5.32 Å². The zero-order chi connectivity index (χ0) is 13.8. The normalized spacial score (nSPS) is 10.7. The number of anilines is 1. The first-order valence-corrected chi connectivity index (χ1v) is 6.88. The van der Waals surface area contributed by atoms with Gasteiger partial charge >= 0.3 is 0 Å². The SMILES string of the molecule is CCn1cc(NCc2ccnn2CC(C)C)c(C)n1.Cl. The third kappa shape index (κ3) is 4.00. The van der Waals surface area contributed by atoms with Crippen molar-refractivity contribution >= 4 is 18.1 Å². The standard InChI is InChI=1S/C14H23N5.ClH/c1-5-18-10-14(12(4)17-18)15-8-13-6-7-16-19(13)9-11(2)3;/h6-7,10-11,15H,5,8-9H2,1-4H3;1H. The molecule has 0 aliphatic carbocycles. The predicted molar refractivity (Wildman–Crippen MR) is 84.3 cm³/mol. The molecule has 0 amide bonds. The molecule has 0 fully saturated rings. The fourth-order valence-electron chi connectivity index (χ4n) is 2.06. The van der Waals surface area contributed by atoms with Gasteiger partial charge in [-0.1, -0.05) is 13.8 Å². The van der Waals surface area contributed by atoms with Crippen molar-refractivity contribution in [1.82, 2.24) is 19.6 Å². The lowest BCUT2D eigenvalue weighted by atomic mass is 10.2. The van der Waals surface area contributed by atoms with Gasteiger partial charge in [0.1, 0.15) is 0 Å². The van der Waals surface area contributed by atoms with Crippen molar-refractivity contribution in [3.63, 3.8) is 0 Å². The van der Waals surface area contributed by atoms with Gasteiger partial charge in [-0.05, 0) is 25.8 Å². The van der Waals surface area contributed by atoms with Crippen LogP contribution in [0.25, 0.3) is 0 Å². The number of aromatic nitrogens is 4. The Morgan fingerprint density at radius 1 is 1.35 bits per heavy atom. The first kappa shape index (κ1) is 16.6. The Balaban J connectivity index is 0.00000200. The van der Waals surface area contributed by atoms with Gasteiger partial charge in [0.25, 0.3) is 0 Å². The van der Waals surface area contributed by atoms with Crippen LogP contribution in [-0.4, -0.2) is 19.6 Å². The molecule has 0 aliphatic heterocycles. The molecule has 2 heterocycles. The number of nitrogens with zero attached hydrogens (tertiary/aromatic N) is 4. The maximum Gasteiger partial charge on any atom is 0.0825 e. The average molecular weight is 298 g/mol. The summed E-state index contributed by atoms with van der Waals surface area (Å²) in [6.45, 7) is 11.2. The van der Waals surface area contributed by atoms with E-state index in [1.54, 1.807) is 0 Å². The van der Waals surface area contributed by atoms with E-state index < -0.39 is 0 Å². The molecule has 1 N–H and O–H groups in total. The van der Waals surface area contributed by atoms with Crippen molar-refractivity contribution in [2.45, 2.75) is 47.3 Å². The van der Waals surface area contributed by atoms with Crippen LogP contribution in [-0.2, 0) is 19.6 Å². The predicted octanol–water partition coefficient (Wildman–Crippen LogP) is 3.10. The highest BCUT2D eigenvalue weighted by Gasteiger charge is 2.07. The van der Waals surface area contributed by atoms with E-state index in [1.165, 1.54) is 5.69 Å². The van der Waals surface area contributed by atoms with Crippen molar-refractivity contribution in [2.75, 3.05) is 5.32 Å². The van der Waals surface area contributed by atoms with Gasteiger partial charge in [0, 0.05) is 25.5 Å². The second kappa shape index (κ2) is 7.33. The van der Waals surface area contributed by atoms with Crippen LogP contribution in [0.3, 0.4) is 0 Å². The summed E-state index contributed by atoms with van der Waals surface area (Å²) in [6.07, 6.45) is 3.92. The summed E-state index contributed by atoms with van der Waals surface area (Å²) in [7, 11) is 0. The first-order chi connectivity index (χ1) is 9.10. The van der Waals surface area contributed by atoms with Gasteiger partial charge in [0.15, 0.2) is 0 Å².